The first kappa shape index (κ1) is 11.6. The normalized spacial score (nSPS) is 11.8. The molecule has 0 aliphatic rings. The minimum atomic E-state index is -4.43. The van der Waals surface area contributed by atoms with Gasteiger partial charge in [-0.2, -0.15) is 23.0 Å². The summed E-state index contributed by atoms with van der Waals surface area (Å²) in [5.41, 5.74) is 0.913. The van der Waals surface area contributed by atoms with E-state index >= 15 is 0 Å². The molecular weight excluding hydrogens is 231 g/mol. The highest BCUT2D eigenvalue weighted by molar-refractivity contribution is 5.18. The zero-order valence-electron chi connectivity index (χ0n) is 9.12. The van der Waals surface area contributed by atoms with Gasteiger partial charge in [-0.25, -0.2) is 0 Å². The number of aromatic amines is 1. The van der Waals surface area contributed by atoms with E-state index in [2.05, 4.69) is 10.1 Å². The van der Waals surface area contributed by atoms with Crippen molar-refractivity contribution in [3.63, 3.8) is 0 Å². The Morgan fingerprint density at radius 1 is 1.24 bits per heavy atom. The first-order valence-electron chi connectivity index (χ1n) is 5.03. The molecular formula is C11H11F3N3+. The van der Waals surface area contributed by atoms with Crippen molar-refractivity contribution in [1.29, 1.82) is 0 Å². The molecule has 90 valence electrons. The number of H-pyrrole nitrogens is 1. The van der Waals surface area contributed by atoms with E-state index < -0.39 is 12.0 Å². The molecule has 17 heavy (non-hydrogen) atoms. The minimum Gasteiger partial charge on any atom is -0.191 e. The number of rotatable bonds is 2. The van der Waals surface area contributed by atoms with Gasteiger partial charge in [0.1, 0.15) is 7.05 Å². The Morgan fingerprint density at radius 2 is 1.88 bits per heavy atom. The van der Waals surface area contributed by atoms with E-state index in [0.717, 1.165) is 10.2 Å². The van der Waals surface area contributed by atoms with Crippen LogP contribution in [0.15, 0.2) is 30.3 Å². The molecule has 0 saturated heterocycles. The Labute approximate surface area is 95.9 Å². The van der Waals surface area contributed by atoms with Crippen molar-refractivity contribution in [2.24, 2.45) is 7.05 Å². The predicted molar refractivity (Wildman–Crippen MR) is 54.0 cm³/mol. The van der Waals surface area contributed by atoms with Crippen molar-refractivity contribution in [3.05, 3.63) is 47.5 Å². The highest BCUT2D eigenvalue weighted by atomic mass is 19.4. The third kappa shape index (κ3) is 2.64. The minimum absolute atomic E-state index is 0.297. The quantitative estimate of drug-likeness (QED) is 0.801. The molecule has 0 aliphatic carbocycles. The van der Waals surface area contributed by atoms with Gasteiger partial charge in [-0.3, -0.25) is 0 Å². The Hall–Kier alpha value is -1.85. The van der Waals surface area contributed by atoms with Crippen molar-refractivity contribution < 1.29 is 17.9 Å². The van der Waals surface area contributed by atoms with Gasteiger partial charge in [-0.05, 0) is 10.5 Å². The average Bonchev–Trinajstić information content (AvgIpc) is 2.60. The molecule has 2 rings (SSSR count). The number of nitrogens with zero attached hydrogens (tertiary/aromatic N) is 2. The number of benzene rings is 1. The number of alkyl halides is 3. The zero-order valence-corrected chi connectivity index (χ0v) is 9.12. The van der Waals surface area contributed by atoms with Crippen LogP contribution in [0.25, 0.3) is 0 Å². The van der Waals surface area contributed by atoms with E-state index in [1.54, 1.807) is 0 Å². The van der Waals surface area contributed by atoms with Crippen LogP contribution in [-0.4, -0.2) is 10.1 Å². The first-order chi connectivity index (χ1) is 7.97. The number of aromatic nitrogens is 3. The highest BCUT2D eigenvalue weighted by Gasteiger charge is 2.45. The van der Waals surface area contributed by atoms with Crippen LogP contribution in [0.3, 0.4) is 0 Å². The predicted octanol–water partition coefficient (Wildman–Crippen LogP) is 1.84. The molecule has 2 aromatic rings. The van der Waals surface area contributed by atoms with Crippen molar-refractivity contribution in [2.45, 2.75) is 12.6 Å². The zero-order chi connectivity index (χ0) is 12.5. The van der Waals surface area contributed by atoms with Crippen molar-refractivity contribution in [3.8, 4) is 0 Å². The molecule has 1 aromatic carbocycles. The molecule has 1 aromatic heterocycles. The number of aryl methyl sites for hydroxylation is 1. The second-order valence-electron chi connectivity index (χ2n) is 3.71. The van der Waals surface area contributed by atoms with Gasteiger partial charge in [-0.1, -0.05) is 30.3 Å². The van der Waals surface area contributed by atoms with Crippen LogP contribution in [0, 0.1) is 0 Å². The molecule has 0 aliphatic heterocycles. The fourth-order valence-electron chi connectivity index (χ4n) is 1.60. The summed E-state index contributed by atoms with van der Waals surface area (Å²) in [4.78, 5) is 3.56. The summed E-state index contributed by atoms with van der Waals surface area (Å²) in [6, 6.07) is 9.21. The Bertz CT molecular complexity index is 502. The van der Waals surface area contributed by atoms with E-state index in [0.29, 0.717) is 12.2 Å². The van der Waals surface area contributed by atoms with Crippen LogP contribution in [0.2, 0.25) is 0 Å². The molecule has 0 atom stereocenters. The average molecular weight is 242 g/mol. The fraction of sp³-hybridized carbons (Fsp3) is 0.273. The van der Waals surface area contributed by atoms with Gasteiger partial charge in [0.2, 0.25) is 0 Å². The summed E-state index contributed by atoms with van der Waals surface area (Å²) in [5.74, 6) is -0.616. The maximum atomic E-state index is 12.5. The lowest BCUT2D eigenvalue weighted by atomic mass is 10.1. The van der Waals surface area contributed by atoms with Crippen LogP contribution >= 0.6 is 0 Å². The molecule has 0 unspecified atom stereocenters. The van der Waals surface area contributed by atoms with E-state index in [9.17, 15) is 13.2 Å². The topological polar surface area (TPSA) is 32.6 Å². The molecule has 1 N–H and O–H groups in total. The van der Waals surface area contributed by atoms with Gasteiger partial charge < -0.3 is 0 Å². The molecule has 0 saturated carbocycles. The SMILES string of the molecule is C[n+]1[nH]c(Cc2ccccc2)nc1C(F)(F)F. The van der Waals surface area contributed by atoms with E-state index in [-0.39, 0.29) is 0 Å². The maximum Gasteiger partial charge on any atom is 0.501 e. The third-order valence-corrected chi connectivity index (χ3v) is 2.32. The van der Waals surface area contributed by atoms with Gasteiger partial charge in [0, 0.05) is 0 Å². The smallest absolute Gasteiger partial charge is 0.191 e. The van der Waals surface area contributed by atoms with Crippen LogP contribution in [-0.2, 0) is 19.6 Å². The molecule has 0 spiro atoms. The molecule has 1 heterocycles. The Balaban J connectivity index is 2.24. The van der Waals surface area contributed by atoms with Crippen molar-refractivity contribution in [1.82, 2.24) is 10.1 Å². The number of nitrogens with one attached hydrogen (secondary N) is 1. The summed E-state index contributed by atoms with van der Waals surface area (Å²) in [6.45, 7) is 0. The van der Waals surface area contributed by atoms with Crippen molar-refractivity contribution >= 4 is 0 Å². The van der Waals surface area contributed by atoms with Gasteiger partial charge in [0.25, 0.3) is 5.82 Å². The summed E-state index contributed by atoms with van der Waals surface area (Å²) in [5, 5.41) is 2.59. The molecule has 0 radical (unpaired) electrons. The Morgan fingerprint density at radius 3 is 2.41 bits per heavy atom. The summed E-state index contributed by atoms with van der Waals surface area (Å²) >= 11 is 0. The van der Waals surface area contributed by atoms with Crippen LogP contribution < -0.4 is 4.68 Å². The van der Waals surface area contributed by atoms with E-state index in [1.165, 1.54) is 7.05 Å². The van der Waals surface area contributed by atoms with Crippen LogP contribution in [0.5, 0.6) is 0 Å². The van der Waals surface area contributed by atoms with Gasteiger partial charge >= 0.3 is 12.0 Å². The van der Waals surface area contributed by atoms with Crippen LogP contribution in [0.1, 0.15) is 17.2 Å². The maximum absolute atomic E-state index is 12.5. The van der Waals surface area contributed by atoms with Crippen LogP contribution in [0.4, 0.5) is 13.2 Å². The molecule has 3 nitrogen and oxygen atoms in total. The second kappa shape index (κ2) is 4.20. The number of hydrogen-bond donors (Lipinski definition) is 1. The molecule has 6 heteroatoms. The first-order valence-corrected chi connectivity index (χ1v) is 5.03. The van der Waals surface area contributed by atoms with Gasteiger partial charge in [-0.15, -0.1) is 0 Å². The highest BCUT2D eigenvalue weighted by Crippen LogP contribution is 2.24. The number of hydrogen-bond acceptors (Lipinski definition) is 1. The van der Waals surface area contributed by atoms with Crippen molar-refractivity contribution in [2.75, 3.05) is 0 Å². The molecule has 0 amide bonds. The van der Waals surface area contributed by atoms with Gasteiger partial charge in [0.15, 0.2) is 0 Å². The third-order valence-electron chi connectivity index (χ3n) is 2.32. The number of halogens is 3. The largest absolute Gasteiger partial charge is 0.501 e. The summed E-state index contributed by atoms with van der Waals surface area (Å²) in [7, 11) is 1.30. The lowest BCUT2D eigenvalue weighted by Crippen LogP contribution is -2.38. The molecule has 0 bridgehead atoms. The monoisotopic (exact) mass is 242 g/mol. The molecule has 0 fully saturated rings. The second-order valence-corrected chi connectivity index (χ2v) is 3.71. The summed E-state index contributed by atoms with van der Waals surface area (Å²) in [6.07, 6.45) is -4.08. The lowest BCUT2D eigenvalue weighted by Gasteiger charge is -1.94. The van der Waals surface area contributed by atoms with Gasteiger partial charge in [0.05, 0.1) is 6.42 Å². The standard InChI is InChI=1S/C11H10F3N3/c1-17-10(11(12,13)14)15-9(16-17)7-8-5-3-2-4-6-8/h2-6H,7H2,1H3/p+1. The Kier molecular flexibility index (Phi) is 2.87. The van der Waals surface area contributed by atoms with E-state index in [1.807, 2.05) is 30.3 Å². The fourth-order valence-corrected chi connectivity index (χ4v) is 1.60. The summed E-state index contributed by atoms with van der Waals surface area (Å²) < 4.78 is 38.4. The van der Waals surface area contributed by atoms with E-state index in [4.69, 9.17) is 0 Å². The lowest BCUT2D eigenvalue weighted by molar-refractivity contribution is -0.745.